The van der Waals surface area contributed by atoms with E-state index in [1.54, 1.807) is 24.3 Å². The van der Waals surface area contributed by atoms with Crippen LogP contribution in [0.15, 0.2) is 24.3 Å². The molecule has 2 N–H and O–H groups in total. The third kappa shape index (κ3) is 3.06. The van der Waals surface area contributed by atoms with Crippen LogP contribution in [-0.4, -0.2) is 17.0 Å². The molecule has 0 spiro atoms. The molecule has 4 heteroatoms. The highest BCUT2D eigenvalue weighted by atomic mass is 16.4. The van der Waals surface area contributed by atoms with Crippen molar-refractivity contribution in [3.63, 3.8) is 0 Å². The Labute approximate surface area is 99.6 Å². The lowest BCUT2D eigenvalue weighted by Gasteiger charge is -2.24. The van der Waals surface area contributed by atoms with E-state index in [0.29, 0.717) is 0 Å². The fourth-order valence-corrected chi connectivity index (χ4v) is 1.80. The minimum absolute atomic E-state index is 0.0108. The van der Waals surface area contributed by atoms with Crippen LogP contribution in [0.25, 0.3) is 0 Å². The maximum atomic E-state index is 11.7. The Balaban J connectivity index is 1.93. The van der Waals surface area contributed by atoms with E-state index >= 15 is 0 Å². The molecule has 17 heavy (non-hydrogen) atoms. The number of hydrogen-bond acceptors (Lipinski definition) is 2. The number of benzene rings is 1. The van der Waals surface area contributed by atoms with Crippen molar-refractivity contribution in [2.24, 2.45) is 5.92 Å². The van der Waals surface area contributed by atoms with E-state index in [1.165, 1.54) is 0 Å². The summed E-state index contributed by atoms with van der Waals surface area (Å²) in [5.74, 6) is -0.618. The summed E-state index contributed by atoms with van der Waals surface area (Å²) in [5, 5.41) is 11.5. The fraction of sp³-hybridized carbons (Fsp3) is 0.385. The Morgan fingerprint density at radius 1 is 1.24 bits per heavy atom. The average Bonchev–Trinajstić information content (AvgIpc) is 2.17. The number of carboxylic acid groups (broad SMARTS) is 1. The Kier molecular flexibility index (Phi) is 3.42. The molecule has 0 aliphatic heterocycles. The highest BCUT2D eigenvalue weighted by molar-refractivity contribution is 5.93. The highest BCUT2D eigenvalue weighted by Crippen LogP contribution is 2.27. The molecule has 0 heterocycles. The SMILES string of the molecule is O=C(O)Cc1ccc(NC(=O)C2CCC2)cc1. The van der Waals surface area contributed by atoms with E-state index < -0.39 is 5.97 Å². The molecule has 0 radical (unpaired) electrons. The van der Waals surface area contributed by atoms with Crippen molar-refractivity contribution in [1.82, 2.24) is 0 Å². The zero-order chi connectivity index (χ0) is 12.3. The third-order valence-corrected chi connectivity index (χ3v) is 3.05. The minimum Gasteiger partial charge on any atom is -0.481 e. The normalized spacial score (nSPS) is 15.1. The van der Waals surface area contributed by atoms with E-state index in [-0.39, 0.29) is 18.2 Å². The lowest BCUT2D eigenvalue weighted by molar-refractivity contribution is -0.136. The number of rotatable bonds is 4. The van der Waals surface area contributed by atoms with Gasteiger partial charge in [0.25, 0.3) is 0 Å². The van der Waals surface area contributed by atoms with E-state index in [4.69, 9.17) is 5.11 Å². The molecule has 1 aliphatic carbocycles. The number of anilines is 1. The number of aliphatic carboxylic acids is 1. The summed E-state index contributed by atoms with van der Waals surface area (Å²) in [6.07, 6.45) is 3.10. The smallest absolute Gasteiger partial charge is 0.307 e. The monoisotopic (exact) mass is 233 g/mol. The second kappa shape index (κ2) is 4.99. The quantitative estimate of drug-likeness (QED) is 0.836. The van der Waals surface area contributed by atoms with Crippen molar-refractivity contribution in [2.45, 2.75) is 25.7 Å². The fourth-order valence-electron chi connectivity index (χ4n) is 1.80. The Morgan fingerprint density at radius 2 is 1.88 bits per heavy atom. The summed E-state index contributed by atoms with van der Waals surface area (Å²) >= 11 is 0. The lowest BCUT2D eigenvalue weighted by atomic mass is 9.85. The Morgan fingerprint density at radius 3 is 2.35 bits per heavy atom. The number of nitrogens with one attached hydrogen (secondary N) is 1. The first kappa shape index (κ1) is 11.6. The molecule has 0 bridgehead atoms. The molecule has 4 nitrogen and oxygen atoms in total. The van der Waals surface area contributed by atoms with Crippen molar-refractivity contribution < 1.29 is 14.7 Å². The third-order valence-electron chi connectivity index (χ3n) is 3.05. The molecule has 90 valence electrons. The first-order chi connectivity index (χ1) is 8.15. The van der Waals surface area contributed by atoms with Gasteiger partial charge < -0.3 is 10.4 Å². The van der Waals surface area contributed by atoms with Gasteiger partial charge in [0.2, 0.25) is 5.91 Å². The number of carboxylic acids is 1. The summed E-state index contributed by atoms with van der Waals surface area (Å²) in [6, 6.07) is 6.94. The summed E-state index contributed by atoms with van der Waals surface area (Å²) in [4.78, 5) is 22.1. The largest absolute Gasteiger partial charge is 0.481 e. The van der Waals surface area contributed by atoms with Crippen molar-refractivity contribution in [2.75, 3.05) is 5.32 Å². The Bertz CT molecular complexity index is 421. The molecule has 0 unspecified atom stereocenters. The molecule has 1 aliphatic rings. The summed E-state index contributed by atoms with van der Waals surface area (Å²) in [7, 11) is 0. The maximum Gasteiger partial charge on any atom is 0.307 e. The van der Waals surface area contributed by atoms with Crippen LogP contribution in [0.3, 0.4) is 0 Å². The maximum absolute atomic E-state index is 11.7. The molecule has 0 atom stereocenters. The van der Waals surface area contributed by atoms with Crippen LogP contribution in [0.2, 0.25) is 0 Å². The van der Waals surface area contributed by atoms with Crippen LogP contribution in [0.4, 0.5) is 5.69 Å². The molecule has 1 aromatic rings. The lowest BCUT2D eigenvalue weighted by Crippen LogP contribution is -2.27. The first-order valence-electron chi connectivity index (χ1n) is 5.77. The van der Waals surface area contributed by atoms with Gasteiger partial charge in [0, 0.05) is 11.6 Å². The molecular weight excluding hydrogens is 218 g/mol. The molecule has 1 fully saturated rings. The zero-order valence-corrected chi connectivity index (χ0v) is 9.48. The second-order valence-electron chi connectivity index (χ2n) is 4.38. The van der Waals surface area contributed by atoms with Gasteiger partial charge in [0.1, 0.15) is 0 Å². The van der Waals surface area contributed by atoms with Crippen LogP contribution < -0.4 is 5.32 Å². The molecule has 1 aromatic carbocycles. The molecule has 0 saturated heterocycles. The molecule has 2 rings (SSSR count). The van der Waals surface area contributed by atoms with E-state index in [1.807, 2.05) is 0 Å². The average molecular weight is 233 g/mol. The summed E-state index contributed by atoms with van der Waals surface area (Å²) in [5.41, 5.74) is 1.47. The van der Waals surface area contributed by atoms with Gasteiger partial charge in [-0.25, -0.2) is 0 Å². The van der Waals surface area contributed by atoms with Gasteiger partial charge in [-0.2, -0.15) is 0 Å². The van der Waals surface area contributed by atoms with Gasteiger partial charge >= 0.3 is 5.97 Å². The van der Waals surface area contributed by atoms with Gasteiger partial charge in [-0.1, -0.05) is 18.6 Å². The number of carbonyl (C=O) groups excluding carboxylic acids is 1. The van der Waals surface area contributed by atoms with Crippen molar-refractivity contribution >= 4 is 17.6 Å². The van der Waals surface area contributed by atoms with Gasteiger partial charge in [0.15, 0.2) is 0 Å². The zero-order valence-electron chi connectivity index (χ0n) is 9.48. The van der Waals surface area contributed by atoms with Crippen LogP contribution in [0.1, 0.15) is 24.8 Å². The predicted molar refractivity (Wildman–Crippen MR) is 63.8 cm³/mol. The minimum atomic E-state index is -0.851. The number of carbonyl (C=O) groups is 2. The van der Waals surface area contributed by atoms with Crippen molar-refractivity contribution in [3.8, 4) is 0 Å². The van der Waals surface area contributed by atoms with Gasteiger partial charge in [-0.3, -0.25) is 9.59 Å². The van der Waals surface area contributed by atoms with Gasteiger partial charge in [-0.15, -0.1) is 0 Å². The standard InChI is InChI=1S/C13H15NO3/c15-12(16)8-9-4-6-11(7-5-9)14-13(17)10-2-1-3-10/h4-7,10H,1-3,8H2,(H,14,17)(H,15,16). The highest BCUT2D eigenvalue weighted by Gasteiger charge is 2.24. The first-order valence-corrected chi connectivity index (χ1v) is 5.77. The second-order valence-corrected chi connectivity index (χ2v) is 4.38. The van der Waals surface area contributed by atoms with Gasteiger partial charge in [-0.05, 0) is 30.5 Å². The number of amides is 1. The Hall–Kier alpha value is -1.84. The molecule has 1 saturated carbocycles. The molecular formula is C13H15NO3. The van der Waals surface area contributed by atoms with E-state index in [2.05, 4.69) is 5.32 Å². The van der Waals surface area contributed by atoms with Crippen LogP contribution in [0, 0.1) is 5.92 Å². The van der Waals surface area contributed by atoms with E-state index in [0.717, 1.165) is 30.5 Å². The summed E-state index contributed by atoms with van der Waals surface area (Å²) in [6.45, 7) is 0. The molecule has 0 aromatic heterocycles. The van der Waals surface area contributed by atoms with E-state index in [9.17, 15) is 9.59 Å². The number of hydrogen-bond donors (Lipinski definition) is 2. The van der Waals surface area contributed by atoms with Gasteiger partial charge in [0.05, 0.1) is 6.42 Å². The summed E-state index contributed by atoms with van der Waals surface area (Å²) < 4.78 is 0. The van der Waals surface area contributed by atoms with Crippen LogP contribution in [-0.2, 0) is 16.0 Å². The van der Waals surface area contributed by atoms with Crippen LogP contribution >= 0.6 is 0 Å². The topological polar surface area (TPSA) is 66.4 Å². The van der Waals surface area contributed by atoms with Crippen molar-refractivity contribution in [1.29, 1.82) is 0 Å². The predicted octanol–water partition coefficient (Wildman–Crippen LogP) is 2.05. The van der Waals surface area contributed by atoms with Crippen LogP contribution in [0.5, 0.6) is 0 Å². The molecule has 1 amide bonds. The van der Waals surface area contributed by atoms with Crippen molar-refractivity contribution in [3.05, 3.63) is 29.8 Å².